The molecular weight excluding hydrogens is 298 g/mol. The van der Waals surface area contributed by atoms with E-state index < -0.39 is 0 Å². The molecule has 1 atom stereocenters. The van der Waals surface area contributed by atoms with Gasteiger partial charge < -0.3 is 14.8 Å². The number of nitrogens with one attached hydrogen (secondary N) is 1. The van der Waals surface area contributed by atoms with Crippen molar-refractivity contribution in [1.29, 1.82) is 0 Å². The Morgan fingerprint density at radius 1 is 1.50 bits per heavy atom. The molecule has 1 aliphatic rings. The lowest BCUT2D eigenvalue weighted by Crippen LogP contribution is -2.39. The Labute approximate surface area is 115 Å². The molecule has 0 aliphatic carbocycles. The predicted octanol–water partition coefficient (Wildman–Crippen LogP) is 1.86. The third-order valence-corrected chi connectivity index (χ3v) is 3.65. The Morgan fingerprint density at radius 3 is 3.00 bits per heavy atom. The molecule has 0 saturated heterocycles. The van der Waals surface area contributed by atoms with E-state index in [-0.39, 0.29) is 11.9 Å². The molecule has 0 bridgehead atoms. The maximum Gasteiger partial charge on any atom is 0.251 e. The van der Waals surface area contributed by atoms with Gasteiger partial charge in [-0.15, -0.1) is 0 Å². The van der Waals surface area contributed by atoms with E-state index in [1.54, 1.807) is 7.11 Å². The highest BCUT2D eigenvalue weighted by molar-refractivity contribution is 9.09. The molecule has 1 amide bonds. The van der Waals surface area contributed by atoms with Crippen LogP contribution in [0.25, 0.3) is 0 Å². The quantitative estimate of drug-likeness (QED) is 0.844. The molecule has 18 heavy (non-hydrogen) atoms. The average Bonchev–Trinajstić information content (AvgIpc) is 2.85. The number of benzene rings is 1. The SMILES string of the molecule is COCC(CBr)NC(=O)c1ccc2c(c1)COC2. The van der Waals surface area contributed by atoms with Crippen molar-refractivity contribution >= 4 is 21.8 Å². The van der Waals surface area contributed by atoms with E-state index in [0.29, 0.717) is 30.7 Å². The van der Waals surface area contributed by atoms with Gasteiger partial charge in [0.25, 0.3) is 5.91 Å². The first-order valence-electron chi connectivity index (χ1n) is 5.80. The van der Waals surface area contributed by atoms with Crippen molar-refractivity contribution in [2.75, 3.05) is 19.0 Å². The molecular formula is C13H16BrNO3. The predicted molar refractivity (Wildman–Crippen MR) is 71.9 cm³/mol. The highest BCUT2D eigenvalue weighted by Gasteiger charge is 2.16. The Kier molecular flexibility index (Phi) is 4.74. The second kappa shape index (κ2) is 6.31. The van der Waals surface area contributed by atoms with Crippen LogP contribution in [-0.4, -0.2) is 31.0 Å². The molecule has 1 heterocycles. The summed E-state index contributed by atoms with van der Waals surface area (Å²) in [6, 6.07) is 5.67. The van der Waals surface area contributed by atoms with Gasteiger partial charge in [0.1, 0.15) is 0 Å². The van der Waals surface area contributed by atoms with Gasteiger partial charge in [-0.3, -0.25) is 4.79 Å². The average molecular weight is 314 g/mol. The largest absolute Gasteiger partial charge is 0.383 e. The third-order valence-electron chi connectivity index (χ3n) is 2.87. The number of carbonyl (C=O) groups is 1. The Balaban J connectivity index is 2.04. The number of rotatable bonds is 5. The standard InChI is InChI=1S/C13H16BrNO3/c1-17-8-12(5-14)15-13(16)9-2-3-10-6-18-7-11(10)4-9/h2-4,12H,5-8H2,1H3,(H,15,16). The lowest BCUT2D eigenvalue weighted by Gasteiger charge is -2.15. The molecule has 1 N–H and O–H groups in total. The van der Waals surface area contributed by atoms with E-state index in [1.807, 2.05) is 18.2 Å². The smallest absolute Gasteiger partial charge is 0.251 e. The van der Waals surface area contributed by atoms with Crippen molar-refractivity contribution in [3.63, 3.8) is 0 Å². The van der Waals surface area contributed by atoms with E-state index >= 15 is 0 Å². The van der Waals surface area contributed by atoms with Gasteiger partial charge in [0.2, 0.25) is 0 Å². The maximum atomic E-state index is 12.1. The number of ether oxygens (including phenoxy) is 2. The molecule has 0 fully saturated rings. The summed E-state index contributed by atoms with van der Waals surface area (Å²) in [5.74, 6) is -0.0776. The lowest BCUT2D eigenvalue weighted by molar-refractivity contribution is 0.0907. The van der Waals surface area contributed by atoms with E-state index in [0.717, 1.165) is 5.56 Å². The van der Waals surface area contributed by atoms with Crippen LogP contribution >= 0.6 is 15.9 Å². The van der Waals surface area contributed by atoms with E-state index in [4.69, 9.17) is 9.47 Å². The number of hydrogen-bond donors (Lipinski definition) is 1. The zero-order valence-corrected chi connectivity index (χ0v) is 11.8. The summed E-state index contributed by atoms with van der Waals surface area (Å²) in [6.07, 6.45) is 0. The fraction of sp³-hybridized carbons (Fsp3) is 0.462. The zero-order valence-electron chi connectivity index (χ0n) is 10.2. The normalized spacial score (nSPS) is 15.2. The first-order valence-corrected chi connectivity index (χ1v) is 6.92. The molecule has 0 radical (unpaired) electrons. The second-order valence-corrected chi connectivity index (χ2v) is 4.90. The molecule has 98 valence electrons. The van der Waals surface area contributed by atoms with Gasteiger partial charge in [-0.05, 0) is 23.3 Å². The minimum Gasteiger partial charge on any atom is -0.383 e. The van der Waals surface area contributed by atoms with Crippen molar-refractivity contribution in [3.05, 3.63) is 34.9 Å². The van der Waals surface area contributed by atoms with Crippen molar-refractivity contribution in [1.82, 2.24) is 5.32 Å². The summed E-state index contributed by atoms with van der Waals surface area (Å²) in [5.41, 5.74) is 2.94. The Morgan fingerprint density at radius 2 is 2.28 bits per heavy atom. The molecule has 1 aliphatic heterocycles. The molecule has 5 heteroatoms. The van der Waals surface area contributed by atoms with Gasteiger partial charge in [-0.25, -0.2) is 0 Å². The maximum absolute atomic E-state index is 12.1. The van der Waals surface area contributed by atoms with Crippen LogP contribution in [0.4, 0.5) is 0 Å². The highest BCUT2D eigenvalue weighted by Crippen LogP contribution is 2.20. The molecule has 4 nitrogen and oxygen atoms in total. The number of carbonyl (C=O) groups excluding carboxylic acids is 1. The molecule has 1 aromatic rings. The second-order valence-electron chi connectivity index (χ2n) is 4.26. The van der Waals surface area contributed by atoms with Crippen molar-refractivity contribution in [3.8, 4) is 0 Å². The fourth-order valence-corrected chi connectivity index (χ4v) is 2.26. The van der Waals surface area contributed by atoms with Gasteiger partial charge in [-0.2, -0.15) is 0 Å². The van der Waals surface area contributed by atoms with Gasteiger partial charge in [0.15, 0.2) is 0 Å². The van der Waals surface area contributed by atoms with Crippen molar-refractivity contribution < 1.29 is 14.3 Å². The minimum atomic E-state index is -0.0776. The van der Waals surface area contributed by atoms with E-state index in [2.05, 4.69) is 21.2 Å². The summed E-state index contributed by atoms with van der Waals surface area (Å²) >= 11 is 3.35. The molecule has 0 saturated carbocycles. The first kappa shape index (κ1) is 13.5. The van der Waals surface area contributed by atoms with Crippen molar-refractivity contribution in [2.45, 2.75) is 19.3 Å². The first-order chi connectivity index (χ1) is 8.74. The Hall–Kier alpha value is -0.910. The van der Waals surface area contributed by atoms with Gasteiger partial charge in [-0.1, -0.05) is 22.0 Å². The number of alkyl halides is 1. The van der Waals surface area contributed by atoms with Crippen LogP contribution in [0.3, 0.4) is 0 Å². The molecule has 0 aromatic heterocycles. The summed E-state index contributed by atoms with van der Waals surface area (Å²) in [6.45, 7) is 1.73. The van der Waals surface area contributed by atoms with Crippen LogP contribution in [0.1, 0.15) is 21.5 Å². The van der Waals surface area contributed by atoms with Gasteiger partial charge in [0.05, 0.1) is 25.9 Å². The van der Waals surface area contributed by atoms with Crippen LogP contribution < -0.4 is 5.32 Å². The summed E-state index contributed by atoms with van der Waals surface area (Å²) < 4.78 is 10.4. The highest BCUT2D eigenvalue weighted by atomic mass is 79.9. The number of hydrogen-bond acceptors (Lipinski definition) is 3. The van der Waals surface area contributed by atoms with Crippen LogP contribution in [0, 0.1) is 0 Å². The molecule has 1 unspecified atom stereocenters. The topological polar surface area (TPSA) is 47.6 Å². The minimum absolute atomic E-state index is 0.0213. The Bertz CT molecular complexity index is 436. The fourth-order valence-electron chi connectivity index (χ4n) is 1.91. The van der Waals surface area contributed by atoms with E-state index in [9.17, 15) is 4.79 Å². The van der Waals surface area contributed by atoms with Crippen LogP contribution in [0.5, 0.6) is 0 Å². The van der Waals surface area contributed by atoms with Gasteiger partial charge in [0, 0.05) is 18.0 Å². The number of halogens is 1. The molecule has 2 rings (SSSR count). The zero-order chi connectivity index (χ0) is 13.0. The summed E-state index contributed by atoms with van der Waals surface area (Å²) in [5, 5.41) is 3.59. The van der Waals surface area contributed by atoms with Crippen molar-refractivity contribution in [2.24, 2.45) is 0 Å². The number of fused-ring (bicyclic) bond motifs is 1. The monoisotopic (exact) mass is 313 g/mol. The van der Waals surface area contributed by atoms with Gasteiger partial charge >= 0.3 is 0 Å². The van der Waals surface area contributed by atoms with Crippen LogP contribution in [0.2, 0.25) is 0 Å². The summed E-state index contributed by atoms with van der Waals surface area (Å²) in [7, 11) is 1.62. The van der Waals surface area contributed by atoms with Crippen LogP contribution in [0.15, 0.2) is 18.2 Å². The number of methoxy groups -OCH3 is 1. The third kappa shape index (κ3) is 3.10. The summed E-state index contributed by atoms with van der Waals surface area (Å²) in [4.78, 5) is 12.1. The van der Waals surface area contributed by atoms with Crippen LogP contribution in [-0.2, 0) is 22.7 Å². The number of amides is 1. The molecule has 0 spiro atoms. The molecule has 1 aromatic carbocycles. The lowest BCUT2D eigenvalue weighted by atomic mass is 10.1. The van der Waals surface area contributed by atoms with E-state index in [1.165, 1.54) is 5.56 Å².